The number of allylic oxidation sites excluding steroid dienone is 4. The van der Waals surface area contributed by atoms with Crippen molar-refractivity contribution >= 4 is 18.7 Å². The minimum Gasteiger partial charge on any atom is -0.435 e. The van der Waals surface area contributed by atoms with Crippen molar-refractivity contribution in [2.24, 2.45) is 0 Å². The van der Waals surface area contributed by atoms with E-state index in [4.69, 9.17) is 4.79 Å². The SMILES string of the molecule is C=CC=COC(C)=O.C=CC=COC(C)=O.[C]=O.[Ru]. The van der Waals surface area contributed by atoms with Gasteiger partial charge in [-0.25, -0.2) is 0 Å². The van der Waals surface area contributed by atoms with Crippen molar-refractivity contribution in [1.82, 2.24) is 0 Å². The maximum atomic E-state index is 10.0. The summed E-state index contributed by atoms with van der Waals surface area (Å²) >= 11 is 0. The van der Waals surface area contributed by atoms with Crippen LogP contribution in [0.1, 0.15) is 13.8 Å². The van der Waals surface area contributed by atoms with Gasteiger partial charge in [-0.2, -0.15) is 0 Å². The standard InChI is InChI=1S/2C6H8O2.CO.Ru/c2*1-3-4-5-8-6(2)7;1-2;/h2*3-5H,1H2,2H3;;. The van der Waals surface area contributed by atoms with Gasteiger partial charge in [-0.15, -0.1) is 0 Å². The topological polar surface area (TPSA) is 69.7 Å². The molecule has 0 aliphatic heterocycles. The van der Waals surface area contributed by atoms with Crippen LogP contribution in [-0.2, 0) is 43.3 Å². The average molecular weight is 353 g/mol. The Bertz CT molecular complexity index is 278. The van der Waals surface area contributed by atoms with Crippen molar-refractivity contribution in [3.8, 4) is 0 Å². The summed E-state index contributed by atoms with van der Waals surface area (Å²) in [6.45, 7) is 13.9. The second-order valence-corrected chi connectivity index (χ2v) is 2.35. The second-order valence-electron chi connectivity index (χ2n) is 2.35. The van der Waals surface area contributed by atoms with Crippen LogP contribution in [0.15, 0.2) is 50.0 Å². The zero-order valence-electron chi connectivity index (χ0n) is 10.8. The van der Waals surface area contributed by atoms with Crippen LogP contribution >= 0.6 is 0 Å². The van der Waals surface area contributed by atoms with Gasteiger partial charge in [0.05, 0.1) is 12.5 Å². The number of rotatable bonds is 4. The van der Waals surface area contributed by atoms with Gasteiger partial charge in [0.25, 0.3) is 6.79 Å². The molecule has 0 rings (SSSR count). The number of ether oxygens (including phenoxy) is 2. The maximum Gasteiger partial charge on any atom is 0.307 e. The van der Waals surface area contributed by atoms with Crippen molar-refractivity contribution in [3.63, 3.8) is 0 Å². The van der Waals surface area contributed by atoms with Gasteiger partial charge in [-0.1, -0.05) is 25.3 Å². The first-order chi connectivity index (χ1) is 8.54. The zero-order valence-corrected chi connectivity index (χ0v) is 12.5. The molecule has 0 N–H and O–H groups in total. The molecule has 0 unspecified atom stereocenters. The molecule has 0 aromatic carbocycles. The average Bonchev–Trinajstić information content (AvgIpc) is 2.32. The Morgan fingerprint density at radius 2 is 1.16 bits per heavy atom. The van der Waals surface area contributed by atoms with Gasteiger partial charge in [0.15, 0.2) is 0 Å². The first-order valence-corrected chi connectivity index (χ1v) is 4.64. The predicted octanol–water partition coefficient (Wildman–Crippen LogP) is 2.10. The number of esters is 2. The van der Waals surface area contributed by atoms with Crippen molar-refractivity contribution in [2.45, 2.75) is 13.8 Å². The van der Waals surface area contributed by atoms with Crippen LogP contribution in [0.2, 0.25) is 0 Å². The molecule has 19 heavy (non-hydrogen) atoms. The van der Waals surface area contributed by atoms with Crippen LogP contribution < -0.4 is 0 Å². The molecule has 5 nitrogen and oxygen atoms in total. The summed E-state index contributed by atoms with van der Waals surface area (Å²) in [5.74, 6) is -0.633. The molecule has 0 fully saturated rings. The summed E-state index contributed by atoms with van der Waals surface area (Å²) < 4.78 is 8.78. The molecule has 0 atom stereocenters. The minimum absolute atomic E-state index is 0. The molecular formula is C13H16O5Ru. The van der Waals surface area contributed by atoms with E-state index >= 15 is 0 Å². The van der Waals surface area contributed by atoms with E-state index in [1.165, 1.54) is 38.5 Å². The first-order valence-electron chi connectivity index (χ1n) is 4.64. The predicted molar refractivity (Wildman–Crippen MR) is 67.9 cm³/mol. The van der Waals surface area contributed by atoms with Crippen LogP contribution in [0.3, 0.4) is 0 Å². The van der Waals surface area contributed by atoms with Gasteiger partial charge in [0.2, 0.25) is 0 Å². The molecule has 2 radical (unpaired) electrons. The van der Waals surface area contributed by atoms with E-state index in [-0.39, 0.29) is 31.4 Å². The molecule has 0 aliphatic carbocycles. The summed E-state index contributed by atoms with van der Waals surface area (Å²) in [5, 5.41) is 0. The van der Waals surface area contributed by atoms with E-state index in [9.17, 15) is 9.59 Å². The number of carbonyl (C=O) groups is 2. The third-order valence-electron chi connectivity index (χ3n) is 0.897. The van der Waals surface area contributed by atoms with Gasteiger partial charge < -0.3 is 9.47 Å². The summed E-state index contributed by atoms with van der Waals surface area (Å²) in [6.07, 6.45) is 8.72. The fraction of sp³-hybridized carbons (Fsp3) is 0.154. The molecule has 0 amide bonds. The molecule has 0 aliphatic rings. The van der Waals surface area contributed by atoms with Crippen molar-refractivity contribution in [1.29, 1.82) is 0 Å². The monoisotopic (exact) mass is 354 g/mol. The van der Waals surface area contributed by atoms with Gasteiger partial charge in [-0.3, -0.25) is 14.4 Å². The Balaban J connectivity index is -0.0000000999. The van der Waals surface area contributed by atoms with Gasteiger partial charge in [0.1, 0.15) is 0 Å². The Labute approximate surface area is 126 Å². The molecule has 0 spiro atoms. The van der Waals surface area contributed by atoms with E-state index in [1.807, 2.05) is 0 Å². The fourth-order valence-corrected chi connectivity index (χ4v) is 0.381. The molecule has 0 aromatic rings. The van der Waals surface area contributed by atoms with E-state index in [2.05, 4.69) is 29.4 Å². The molecule has 0 saturated heterocycles. The minimum atomic E-state index is -0.317. The van der Waals surface area contributed by atoms with E-state index < -0.39 is 0 Å². The Morgan fingerprint density at radius 3 is 1.32 bits per heavy atom. The fourth-order valence-electron chi connectivity index (χ4n) is 0.381. The smallest absolute Gasteiger partial charge is 0.307 e. The van der Waals surface area contributed by atoms with Crippen molar-refractivity contribution < 1.29 is 43.3 Å². The van der Waals surface area contributed by atoms with Crippen LogP contribution in [0.25, 0.3) is 0 Å². The molecule has 106 valence electrons. The Hall–Kier alpha value is -1.81. The molecule has 0 bridgehead atoms. The van der Waals surface area contributed by atoms with Gasteiger partial charge in [0, 0.05) is 33.3 Å². The Kier molecular flexibility index (Phi) is 34.3. The summed E-state index contributed by atoms with van der Waals surface area (Å²) in [6, 6.07) is 0. The molecule has 6 heteroatoms. The van der Waals surface area contributed by atoms with Crippen molar-refractivity contribution in [2.75, 3.05) is 0 Å². The molecule has 0 heterocycles. The third-order valence-corrected chi connectivity index (χ3v) is 0.897. The summed E-state index contributed by atoms with van der Waals surface area (Å²) in [7, 11) is 0. The van der Waals surface area contributed by atoms with Gasteiger partial charge >= 0.3 is 11.9 Å². The van der Waals surface area contributed by atoms with Gasteiger partial charge in [-0.05, 0) is 12.2 Å². The third kappa shape index (κ3) is 48.6. The zero-order chi connectivity index (χ0) is 14.8. The molecule has 0 aromatic heterocycles. The maximum absolute atomic E-state index is 10.0. The van der Waals surface area contributed by atoms with Crippen LogP contribution in [0.4, 0.5) is 0 Å². The number of hydrogen-bond donors (Lipinski definition) is 0. The molecular weight excluding hydrogens is 337 g/mol. The largest absolute Gasteiger partial charge is 0.435 e. The molecule has 0 saturated carbocycles. The van der Waals surface area contributed by atoms with Crippen LogP contribution in [0, 0.1) is 0 Å². The van der Waals surface area contributed by atoms with Crippen molar-refractivity contribution in [3.05, 3.63) is 50.0 Å². The van der Waals surface area contributed by atoms with E-state index in [1.54, 1.807) is 12.2 Å². The number of carbonyl (C=O) groups excluding carboxylic acids is 3. The van der Waals surface area contributed by atoms with Crippen LogP contribution in [0.5, 0.6) is 0 Å². The van der Waals surface area contributed by atoms with E-state index in [0.29, 0.717) is 0 Å². The van der Waals surface area contributed by atoms with Crippen LogP contribution in [-0.4, -0.2) is 18.7 Å². The second kappa shape index (κ2) is 25.1. The normalized spacial score (nSPS) is 7.89. The summed E-state index contributed by atoms with van der Waals surface area (Å²) in [4.78, 5) is 27.5. The number of hydrogen-bond acceptors (Lipinski definition) is 5. The van der Waals surface area contributed by atoms with E-state index in [0.717, 1.165) is 0 Å². The quantitative estimate of drug-likeness (QED) is 0.335. The Morgan fingerprint density at radius 1 is 0.895 bits per heavy atom. The first kappa shape index (κ1) is 25.9. The summed E-state index contributed by atoms with van der Waals surface area (Å²) in [5.41, 5.74) is 0.